The fourth-order valence-electron chi connectivity index (χ4n) is 2.51. The Balaban J connectivity index is 2.22. The summed E-state index contributed by atoms with van der Waals surface area (Å²) in [5.41, 5.74) is -0.420. The molecule has 1 aliphatic rings. The van der Waals surface area contributed by atoms with Crippen molar-refractivity contribution in [2.24, 2.45) is 0 Å². The zero-order chi connectivity index (χ0) is 12.6. The van der Waals surface area contributed by atoms with Crippen molar-refractivity contribution in [3.63, 3.8) is 0 Å². The van der Waals surface area contributed by atoms with Crippen molar-refractivity contribution >= 4 is 0 Å². The average molecular weight is 242 g/mol. The molecule has 3 heteroatoms. The molecule has 0 bridgehead atoms. The van der Waals surface area contributed by atoms with Gasteiger partial charge >= 0.3 is 0 Å². The van der Waals surface area contributed by atoms with Crippen LogP contribution in [-0.2, 0) is 0 Å². The number of halogens is 3. The van der Waals surface area contributed by atoms with Gasteiger partial charge in [-0.3, -0.25) is 0 Å². The largest absolute Gasteiger partial charge is 0.244 e. The molecule has 0 aromatic heterocycles. The van der Waals surface area contributed by atoms with Gasteiger partial charge < -0.3 is 0 Å². The molecule has 1 aromatic rings. The highest BCUT2D eigenvalue weighted by Gasteiger charge is 2.32. The van der Waals surface area contributed by atoms with Crippen molar-refractivity contribution in [2.45, 2.75) is 51.1 Å². The molecule has 1 aliphatic carbocycles. The molecule has 1 saturated carbocycles. The summed E-state index contributed by atoms with van der Waals surface area (Å²) in [7, 11) is 0. The van der Waals surface area contributed by atoms with Gasteiger partial charge in [-0.05, 0) is 56.6 Å². The summed E-state index contributed by atoms with van der Waals surface area (Å²) in [4.78, 5) is 0. The van der Waals surface area contributed by atoms with Crippen molar-refractivity contribution in [3.8, 4) is 0 Å². The van der Waals surface area contributed by atoms with Crippen LogP contribution in [-0.4, -0.2) is 5.67 Å². The van der Waals surface area contributed by atoms with E-state index in [0.29, 0.717) is 36.8 Å². The topological polar surface area (TPSA) is 0 Å². The van der Waals surface area contributed by atoms with Crippen LogP contribution in [0.25, 0.3) is 0 Å². The van der Waals surface area contributed by atoms with Crippen molar-refractivity contribution in [1.29, 1.82) is 0 Å². The van der Waals surface area contributed by atoms with E-state index < -0.39 is 17.3 Å². The maximum absolute atomic E-state index is 13.8. The number of benzene rings is 1. The Morgan fingerprint density at radius 2 is 1.71 bits per heavy atom. The molecule has 0 saturated heterocycles. The summed E-state index contributed by atoms with van der Waals surface area (Å²) >= 11 is 0. The molecule has 0 spiro atoms. The third kappa shape index (κ3) is 2.48. The van der Waals surface area contributed by atoms with Crippen molar-refractivity contribution < 1.29 is 13.2 Å². The number of alkyl halides is 1. The van der Waals surface area contributed by atoms with Crippen LogP contribution in [0, 0.1) is 18.6 Å². The summed E-state index contributed by atoms with van der Waals surface area (Å²) in [6.45, 7) is 3.12. The monoisotopic (exact) mass is 242 g/mol. The molecule has 1 fully saturated rings. The van der Waals surface area contributed by atoms with Crippen LogP contribution in [0.1, 0.15) is 49.7 Å². The zero-order valence-corrected chi connectivity index (χ0v) is 10.2. The van der Waals surface area contributed by atoms with Gasteiger partial charge in [0.15, 0.2) is 11.6 Å². The minimum atomic E-state index is -1.14. The summed E-state index contributed by atoms with van der Waals surface area (Å²) in [6.07, 6.45) is 2.03. The van der Waals surface area contributed by atoms with Gasteiger partial charge in [-0.25, -0.2) is 13.2 Å². The average Bonchev–Trinajstić information content (AvgIpc) is 2.27. The molecule has 0 nitrogen and oxygen atoms in total. The van der Waals surface area contributed by atoms with E-state index in [1.54, 1.807) is 26.0 Å². The first kappa shape index (κ1) is 12.5. The van der Waals surface area contributed by atoms with Crippen LogP contribution in [0.2, 0.25) is 0 Å². The Kier molecular flexibility index (Phi) is 3.19. The lowest BCUT2D eigenvalue weighted by Crippen LogP contribution is -2.25. The van der Waals surface area contributed by atoms with E-state index in [0.717, 1.165) is 0 Å². The second kappa shape index (κ2) is 4.35. The number of rotatable bonds is 1. The third-order valence-corrected chi connectivity index (χ3v) is 3.77. The maximum atomic E-state index is 13.8. The van der Waals surface area contributed by atoms with Gasteiger partial charge in [0.2, 0.25) is 0 Å². The first-order valence-electron chi connectivity index (χ1n) is 6.04. The van der Waals surface area contributed by atoms with Gasteiger partial charge in [0.1, 0.15) is 5.67 Å². The SMILES string of the molecule is Cc1ccc(C2CCC(C)(F)CC2)c(F)c1F. The number of hydrogen-bond donors (Lipinski definition) is 0. The van der Waals surface area contributed by atoms with Crippen LogP contribution >= 0.6 is 0 Å². The molecule has 0 amide bonds. The Bertz CT molecular complexity index is 414. The number of hydrogen-bond acceptors (Lipinski definition) is 0. The van der Waals surface area contributed by atoms with Crippen LogP contribution in [0.5, 0.6) is 0 Å². The molecule has 0 unspecified atom stereocenters. The van der Waals surface area contributed by atoms with Crippen molar-refractivity contribution in [2.75, 3.05) is 0 Å². The quantitative estimate of drug-likeness (QED) is 0.672. The van der Waals surface area contributed by atoms with Crippen LogP contribution in [0.4, 0.5) is 13.2 Å². The van der Waals surface area contributed by atoms with Crippen LogP contribution < -0.4 is 0 Å². The van der Waals surface area contributed by atoms with E-state index in [2.05, 4.69) is 0 Å². The van der Waals surface area contributed by atoms with Crippen LogP contribution in [0.15, 0.2) is 12.1 Å². The van der Waals surface area contributed by atoms with E-state index >= 15 is 0 Å². The molecule has 0 aliphatic heterocycles. The van der Waals surface area contributed by atoms with E-state index in [-0.39, 0.29) is 5.92 Å². The Morgan fingerprint density at radius 3 is 2.29 bits per heavy atom. The summed E-state index contributed by atoms with van der Waals surface area (Å²) in [5, 5.41) is 0. The molecule has 0 N–H and O–H groups in total. The van der Waals surface area contributed by atoms with E-state index in [1.165, 1.54) is 0 Å². The zero-order valence-electron chi connectivity index (χ0n) is 10.2. The van der Waals surface area contributed by atoms with Gasteiger partial charge in [0, 0.05) is 0 Å². The second-order valence-corrected chi connectivity index (χ2v) is 5.29. The summed E-state index contributed by atoms with van der Waals surface area (Å²) in [6, 6.07) is 3.23. The van der Waals surface area contributed by atoms with E-state index in [1.807, 2.05) is 0 Å². The predicted molar refractivity (Wildman–Crippen MR) is 61.8 cm³/mol. The minimum Gasteiger partial charge on any atom is -0.244 e. The standard InChI is InChI=1S/C14H17F3/c1-9-3-4-11(13(16)12(9)15)10-5-7-14(2,17)8-6-10/h3-4,10H,5-8H2,1-2H3. The molecule has 17 heavy (non-hydrogen) atoms. The van der Waals surface area contributed by atoms with Crippen molar-refractivity contribution in [3.05, 3.63) is 34.9 Å². The second-order valence-electron chi connectivity index (χ2n) is 5.29. The van der Waals surface area contributed by atoms with Crippen molar-refractivity contribution in [1.82, 2.24) is 0 Å². The smallest absolute Gasteiger partial charge is 0.162 e. The summed E-state index contributed by atoms with van der Waals surface area (Å²) < 4.78 is 40.9. The highest BCUT2D eigenvalue weighted by molar-refractivity contribution is 5.28. The van der Waals surface area contributed by atoms with E-state index in [4.69, 9.17) is 0 Å². The molecule has 0 heterocycles. The first-order valence-corrected chi connectivity index (χ1v) is 6.04. The fraction of sp³-hybridized carbons (Fsp3) is 0.571. The third-order valence-electron chi connectivity index (χ3n) is 3.77. The number of aryl methyl sites for hydroxylation is 1. The Hall–Kier alpha value is -0.990. The molecular formula is C14H17F3. The lowest BCUT2D eigenvalue weighted by atomic mass is 9.77. The van der Waals surface area contributed by atoms with E-state index in [9.17, 15) is 13.2 Å². The van der Waals surface area contributed by atoms with Gasteiger partial charge in [-0.1, -0.05) is 12.1 Å². The molecule has 1 aromatic carbocycles. The normalized spacial score (nSPS) is 29.4. The first-order chi connectivity index (χ1) is 7.91. The van der Waals surface area contributed by atoms with Crippen LogP contribution in [0.3, 0.4) is 0 Å². The van der Waals surface area contributed by atoms with Gasteiger partial charge in [0.25, 0.3) is 0 Å². The molecule has 2 rings (SSSR count). The lowest BCUT2D eigenvalue weighted by Gasteiger charge is -2.31. The highest BCUT2D eigenvalue weighted by atomic mass is 19.2. The van der Waals surface area contributed by atoms with Gasteiger partial charge in [-0.2, -0.15) is 0 Å². The predicted octanol–water partition coefficient (Wildman–Crippen LogP) is 4.66. The molecule has 94 valence electrons. The molecule has 0 radical (unpaired) electrons. The lowest BCUT2D eigenvalue weighted by molar-refractivity contribution is 0.119. The molecule has 0 atom stereocenters. The minimum absolute atomic E-state index is 0.0473. The fourth-order valence-corrected chi connectivity index (χ4v) is 2.51. The Morgan fingerprint density at radius 1 is 1.12 bits per heavy atom. The maximum Gasteiger partial charge on any atom is 0.162 e. The highest BCUT2D eigenvalue weighted by Crippen LogP contribution is 2.40. The summed E-state index contributed by atoms with van der Waals surface area (Å²) in [5.74, 6) is -1.57. The van der Waals surface area contributed by atoms with Gasteiger partial charge in [-0.15, -0.1) is 0 Å². The Labute approximate surface area is 99.8 Å². The van der Waals surface area contributed by atoms with Gasteiger partial charge in [0.05, 0.1) is 0 Å². The molecular weight excluding hydrogens is 225 g/mol.